The lowest BCUT2D eigenvalue weighted by Crippen LogP contribution is -2.27. The Morgan fingerprint density at radius 1 is 1.41 bits per heavy atom. The summed E-state index contributed by atoms with van der Waals surface area (Å²) in [6, 6.07) is 7.71. The normalized spacial score (nSPS) is 12.4. The summed E-state index contributed by atoms with van der Waals surface area (Å²) in [4.78, 5) is 11.3. The minimum Gasteiger partial charge on any atom is -0.467 e. The van der Waals surface area contributed by atoms with Crippen LogP contribution in [0.5, 0.6) is 0 Å². The first-order chi connectivity index (χ1) is 8.11. The van der Waals surface area contributed by atoms with Crippen LogP contribution in [0.4, 0.5) is 5.69 Å². The molecule has 1 heterocycles. The van der Waals surface area contributed by atoms with Gasteiger partial charge in [0.1, 0.15) is 6.04 Å². The lowest BCUT2D eigenvalue weighted by atomic mass is 10.2. The van der Waals surface area contributed by atoms with E-state index in [0.29, 0.717) is 0 Å². The Morgan fingerprint density at radius 2 is 2.18 bits per heavy atom. The molecule has 1 unspecified atom stereocenters. The van der Waals surface area contributed by atoms with E-state index < -0.39 is 0 Å². The van der Waals surface area contributed by atoms with Crippen molar-refractivity contribution in [2.75, 3.05) is 12.4 Å². The van der Waals surface area contributed by atoms with E-state index in [0.717, 1.165) is 11.1 Å². The van der Waals surface area contributed by atoms with Crippen molar-refractivity contribution in [3.63, 3.8) is 0 Å². The second-order valence-electron chi connectivity index (χ2n) is 4.09. The van der Waals surface area contributed by atoms with Gasteiger partial charge >= 0.3 is 5.97 Å². The standard InChI is InChI=1S/C13H16N2O2/c1-9(13(16)17-3)14-11-4-5-12-10(8-11)6-7-15(12)2/h4-9,14H,1-3H3. The first-order valence-electron chi connectivity index (χ1n) is 5.51. The largest absolute Gasteiger partial charge is 0.467 e. The van der Waals surface area contributed by atoms with Gasteiger partial charge in [0.15, 0.2) is 0 Å². The number of methoxy groups -OCH3 is 1. The number of carbonyl (C=O) groups is 1. The van der Waals surface area contributed by atoms with Gasteiger partial charge in [-0.25, -0.2) is 4.79 Å². The molecule has 0 bridgehead atoms. The number of aryl methyl sites for hydroxylation is 1. The second kappa shape index (κ2) is 4.49. The number of benzene rings is 1. The van der Waals surface area contributed by atoms with Crippen LogP contribution in [0.3, 0.4) is 0 Å². The van der Waals surface area contributed by atoms with Crippen molar-refractivity contribution in [3.05, 3.63) is 30.5 Å². The first-order valence-corrected chi connectivity index (χ1v) is 5.51. The van der Waals surface area contributed by atoms with E-state index in [1.807, 2.05) is 37.5 Å². The van der Waals surface area contributed by atoms with Crippen molar-refractivity contribution in [3.8, 4) is 0 Å². The summed E-state index contributed by atoms with van der Waals surface area (Å²) in [6.45, 7) is 1.78. The Labute approximate surface area is 100 Å². The van der Waals surface area contributed by atoms with Crippen molar-refractivity contribution >= 4 is 22.6 Å². The molecule has 1 aromatic heterocycles. The molecule has 2 aromatic rings. The molecule has 0 aliphatic carbocycles. The Balaban J connectivity index is 2.22. The van der Waals surface area contributed by atoms with Crippen LogP contribution in [0, 0.1) is 0 Å². The highest BCUT2D eigenvalue weighted by molar-refractivity contribution is 5.85. The Hall–Kier alpha value is -1.97. The fourth-order valence-electron chi connectivity index (χ4n) is 1.86. The van der Waals surface area contributed by atoms with Crippen LogP contribution in [0.25, 0.3) is 10.9 Å². The number of hydrogen-bond donors (Lipinski definition) is 1. The second-order valence-corrected chi connectivity index (χ2v) is 4.09. The topological polar surface area (TPSA) is 43.3 Å². The van der Waals surface area contributed by atoms with Gasteiger partial charge in [-0.1, -0.05) is 0 Å². The van der Waals surface area contributed by atoms with Crippen LogP contribution >= 0.6 is 0 Å². The van der Waals surface area contributed by atoms with Gasteiger partial charge in [0.2, 0.25) is 0 Å². The third-order valence-corrected chi connectivity index (χ3v) is 2.82. The lowest BCUT2D eigenvalue weighted by Gasteiger charge is -2.12. The Bertz CT molecular complexity index is 545. The number of ether oxygens (including phenoxy) is 1. The van der Waals surface area contributed by atoms with E-state index in [1.54, 1.807) is 6.92 Å². The number of carbonyl (C=O) groups excluding carboxylic acids is 1. The molecule has 0 aliphatic rings. The molecule has 4 nitrogen and oxygen atoms in total. The highest BCUT2D eigenvalue weighted by Crippen LogP contribution is 2.20. The highest BCUT2D eigenvalue weighted by Gasteiger charge is 2.12. The number of anilines is 1. The van der Waals surface area contributed by atoms with Gasteiger partial charge in [0, 0.05) is 29.8 Å². The van der Waals surface area contributed by atoms with Gasteiger partial charge < -0.3 is 14.6 Å². The van der Waals surface area contributed by atoms with E-state index >= 15 is 0 Å². The van der Waals surface area contributed by atoms with E-state index in [4.69, 9.17) is 0 Å². The number of nitrogens with one attached hydrogen (secondary N) is 1. The molecule has 0 radical (unpaired) electrons. The Kier molecular flexibility index (Phi) is 3.04. The molecule has 0 amide bonds. The van der Waals surface area contributed by atoms with E-state index in [2.05, 4.69) is 14.6 Å². The van der Waals surface area contributed by atoms with Gasteiger partial charge in [-0.05, 0) is 31.2 Å². The lowest BCUT2D eigenvalue weighted by molar-refractivity contribution is -0.141. The number of esters is 1. The van der Waals surface area contributed by atoms with Crippen LogP contribution in [0.2, 0.25) is 0 Å². The molecule has 0 aliphatic heterocycles. The van der Waals surface area contributed by atoms with Crippen molar-refractivity contribution in [2.45, 2.75) is 13.0 Å². The fourth-order valence-corrected chi connectivity index (χ4v) is 1.86. The zero-order chi connectivity index (χ0) is 12.4. The average molecular weight is 232 g/mol. The van der Waals surface area contributed by atoms with Crippen molar-refractivity contribution in [1.82, 2.24) is 4.57 Å². The number of rotatable bonds is 3. The van der Waals surface area contributed by atoms with Crippen LogP contribution in [0.15, 0.2) is 30.5 Å². The molecule has 1 atom stereocenters. The van der Waals surface area contributed by atoms with E-state index in [-0.39, 0.29) is 12.0 Å². The summed E-state index contributed by atoms with van der Waals surface area (Å²) in [5.41, 5.74) is 2.09. The maximum absolute atomic E-state index is 11.3. The molecule has 0 fully saturated rings. The van der Waals surface area contributed by atoms with Gasteiger partial charge in [-0.2, -0.15) is 0 Å². The molecule has 1 aromatic carbocycles. The SMILES string of the molecule is COC(=O)C(C)Nc1ccc2c(ccn2C)c1. The molecule has 2 rings (SSSR count). The third kappa shape index (κ3) is 2.25. The van der Waals surface area contributed by atoms with Crippen molar-refractivity contribution in [2.24, 2.45) is 7.05 Å². The van der Waals surface area contributed by atoms with Crippen molar-refractivity contribution < 1.29 is 9.53 Å². The minimum absolute atomic E-state index is 0.266. The molecule has 0 saturated carbocycles. The summed E-state index contributed by atoms with van der Waals surface area (Å²) in [5, 5.41) is 4.26. The number of aromatic nitrogens is 1. The molecule has 1 N–H and O–H groups in total. The summed E-state index contributed by atoms with van der Waals surface area (Å²) in [6.07, 6.45) is 2.01. The van der Waals surface area contributed by atoms with Crippen LogP contribution in [0.1, 0.15) is 6.92 Å². The zero-order valence-corrected chi connectivity index (χ0v) is 10.2. The van der Waals surface area contributed by atoms with Crippen LogP contribution in [-0.4, -0.2) is 23.7 Å². The van der Waals surface area contributed by atoms with E-state index in [1.165, 1.54) is 12.6 Å². The predicted molar refractivity (Wildman–Crippen MR) is 68.0 cm³/mol. The molecule has 4 heteroatoms. The molecular weight excluding hydrogens is 216 g/mol. The zero-order valence-electron chi connectivity index (χ0n) is 10.2. The molecule has 17 heavy (non-hydrogen) atoms. The smallest absolute Gasteiger partial charge is 0.327 e. The molecule has 90 valence electrons. The highest BCUT2D eigenvalue weighted by atomic mass is 16.5. The summed E-state index contributed by atoms with van der Waals surface area (Å²) >= 11 is 0. The quantitative estimate of drug-likeness (QED) is 0.825. The Morgan fingerprint density at radius 3 is 2.88 bits per heavy atom. The minimum atomic E-state index is -0.346. The van der Waals surface area contributed by atoms with Gasteiger partial charge in [-0.15, -0.1) is 0 Å². The summed E-state index contributed by atoms with van der Waals surface area (Å²) < 4.78 is 6.73. The maximum atomic E-state index is 11.3. The summed E-state index contributed by atoms with van der Waals surface area (Å²) in [7, 11) is 3.40. The maximum Gasteiger partial charge on any atom is 0.327 e. The summed E-state index contributed by atoms with van der Waals surface area (Å²) in [5.74, 6) is -0.266. The van der Waals surface area contributed by atoms with Crippen LogP contribution < -0.4 is 5.32 Å². The van der Waals surface area contributed by atoms with E-state index in [9.17, 15) is 4.79 Å². The number of fused-ring (bicyclic) bond motifs is 1. The van der Waals surface area contributed by atoms with Gasteiger partial charge in [-0.3, -0.25) is 0 Å². The fraction of sp³-hybridized carbons (Fsp3) is 0.308. The monoisotopic (exact) mass is 232 g/mol. The van der Waals surface area contributed by atoms with Gasteiger partial charge in [0.05, 0.1) is 7.11 Å². The van der Waals surface area contributed by atoms with Crippen molar-refractivity contribution in [1.29, 1.82) is 0 Å². The number of nitrogens with zero attached hydrogens (tertiary/aromatic N) is 1. The predicted octanol–water partition coefficient (Wildman–Crippen LogP) is 2.15. The average Bonchev–Trinajstić information content (AvgIpc) is 2.69. The van der Waals surface area contributed by atoms with Crippen LogP contribution in [-0.2, 0) is 16.6 Å². The third-order valence-electron chi connectivity index (χ3n) is 2.82. The molecular formula is C13H16N2O2. The van der Waals surface area contributed by atoms with Gasteiger partial charge in [0.25, 0.3) is 0 Å². The number of hydrogen-bond acceptors (Lipinski definition) is 3. The molecule has 0 saturated heterocycles. The molecule has 0 spiro atoms. The first kappa shape index (κ1) is 11.5.